The molecule has 2 atom stereocenters. The number of amides is 1. The van der Waals surface area contributed by atoms with E-state index in [4.69, 9.17) is 16.3 Å². The number of piperazine rings is 1. The lowest BCUT2D eigenvalue weighted by atomic mass is 9.90. The van der Waals surface area contributed by atoms with Gasteiger partial charge in [0.15, 0.2) is 0 Å². The zero-order chi connectivity index (χ0) is 17.2. The van der Waals surface area contributed by atoms with E-state index in [2.05, 4.69) is 5.32 Å². The van der Waals surface area contributed by atoms with Gasteiger partial charge in [0.1, 0.15) is 5.75 Å². The maximum Gasteiger partial charge on any atom is 0.230 e. The summed E-state index contributed by atoms with van der Waals surface area (Å²) in [5.41, 5.74) is 2.08. The number of carbonyl (C=O) groups excluding carboxylic acids is 1. The Hall–Kier alpha value is -2.04. The van der Waals surface area contributed by atoms with Crippen molar-refractivity contribution in [3.8, 4) is 5.75 Å². The van der Waals surface area contributed by atoms with Crippen molar-refractivity contribution in [2.75, 3.05) is 26.2 Å². The van der Waals surface area contributed by atoms with E-state index in [1.165, 1.54) is 0 Å². The number of ether oxygens (including phenoxy) is 1. The summed E-state index contributed by atoms with van der Waals surface area (Å²) in [5, 5.41) is 4.10. The van der Waals surface area contributed by atoms with Gasteiger partial charge in [-0.2, -0.15) is 0 Å². The minimum Gasteiger partial charge on any atom is -0.493 e. The molecule has 4 nitrogen and oxygen atoms in total. The molecular weight excluding hydrogens is 336 g/mol. The van der Waals surface area contributed by atoms with Crippen LogP contribution >= 0.6 is 11.6 Å². The number of benzene rings is 2. The largest absolute Gasteiger partial charge is 0.493 e. The van der Waals surface area contributed by atoms with E-state index in [-0.39, 0.29) is 17.9 Å². The van der Waals surface area contributed by atoms with Crippen molar-refractivity contribution in [3.63, 3.8) is 0 Å². The Balaban J connectivity index is 1.64. The zero-order valence-electron chi connectivity index (χ0n) is 14.0. The summed E-state index contributed by atoms with van der Waals surface area (Å²) in [6.45, 7) is 2.85. The highest BCUT2D eigenvalue weighted by Gasteiger charge is 2.35. The van der Waals surface area contributed by atoms with Crippen molar-refractivity contribution in [2.24, 2.45) is 0 Å². The third-order valence-corrected chi connectivity index (χ3v) is 5.25. The molecule has 1 saturated heterocycles. The number of rotatable bonds is 2. The Labute approximate surface area is 152 Å². The van der Waals surface area contributed by atoms with Gasteiger partial charge in [-0.15, -0.1) is 0 Å². The predicted molar refractivity (Wildman–Crippen MR) is 98.1 cm³/mol. The third-order valence-electron chi connectivity index (χ3n) is 5.02. The van der Waals surface area contributed by atoms with Gasteiger partial charge in [0, 0.05) is 30.2 Å². The Morgan fingerprint density at radius 1 is 1.20 bits per heavy atom. The lowest BCUT2D eigenvalue weighted by Gasteiger charge is -2.39. The minimum atomic E-state index is -0.135. The first-order chi connectivity index (χ1) is 12.2. The normalized spacial score (nSPS) is 22.8. The van der Waals surface area contributed by atoms with Gasteiger partial charge < -0.3 is 15.0 Å². The lowest BCUT2D eigenvalue weighted by molar-refractivity contribution is -0.137. The maximum absolute atomic E-state index is 13.4. The molecule has 4 rings (SSSR count). The smallest absolute Gasteiger partial charge is 0.230 e. The monoisotopic (exact) mass is 356 g/mol. The highest BCUT2D eigenvalue weighted by atomic mass is 35.5. The molecule has 2 aliphatic rings. The molecule has 0 aliphatic carbocycles. The Kier molecular flexibility index (Phi) is 4.64. The fraction of sp³-hybridized carbons (Fsp3) is 0.350. The number of halogens is 1. The second-order valence-electron chi connectivity index (χ2n) is 6.53. The Morgan fingerprint density at radius 2 is 2.08 bits per heavy atom. The average molecular weight is 357 g/mol. The molecule has 2 aliphatic heterocycles. The third kappa shape index (κ3) is 3.24. The van der Waals surface area contributed by atoms with Gasteiger partial charge in [-0.3, -0.25) is 4.79 Å². The molecule has 130 valence electrons. The summed E-state index contributed by atoms with van der Waals surface area (Å²) in [7, 11) is 0. The van der Waals surface area contributed by atoms with E-state index in [0.717, 1.165) is 36.4 Å². The van der Waals surface area contributed by atoms with E-state index in [1.807, 2.05) is 53.4 Å². The average Bonchev–Trinajstić information content (AvgIpc) is 2.67. The molecule has 1 fully saturated rings. The molecule has 2 heterocycles. The predicted octanol–water partition coefficient (Wildman–Crippen LogP) is 3.38. The molecule has 5 heteroatoms. The van der Waals surface area contributed by atoms with Crippen LogP contribution in [0.25, 0.3) is 0 Å². The molecule has 25 heavy (non-hydrogen) atoms. The number of fused-ring (bicyclic) bond motifs is 1. The quantitative estimate of drug-likeness (QED) is 0.896. The van der Waals surface area contributed by atoms with Crippen molar-refractivity contribution < 1.29 is 9.53 Å². The van der Waals surface area contributed by atoms with Crippen LogP contribution < -0.4 is 10.1 Å². The van der Waals surface area contributed by atoms with Crippen molar-refractivity contribution in [1.82, 2.24) is 10.2 Å². The Morgan fingerprint density at radius 3 is 2.96 bits per heavy atom. The number of nitrogens with zero attached hydrogens (tertiary/aromatic N) is 1. The molecule has 0 saturated carbocycles. The molecule has 1 amide bonds. The van der Waals surface area contributed by atoms with Gasteiger partial charge >= 0.3 is 0 Å². The van der Waals surface area contributed by atoms with Crippen LogP contribution in [0.4, 0.5) is 0 Å². The first-order valence-corrected chi connectivity index (χ1v) is 9.10. The van der Waals surface area contributed by atoms with Crippen LogP contribution in [0.1, 0.15) is 29.5 Å². The van der Waals surface area contributed by atoms with Crippen LogP contribution in [0.3, 0.4) is 0 Å². The van der Waals surface area contributed by atoms with Crippen LogP contribution in [0, 0.1) is 0 Å². The number of para-hydroxylation sites is 1. The van der Waals surface area contributed by atoms with Gasteiger partial charge in [-0.25, -0.2) is 0 Å². The second kappa shape index (κ2) is 7.06. The zero-order valence-corrected chi connectivity index (χ0v) is 14.7. The molecular formula is C20H21ClN2O2. The highest BCUT2D eigenvalue weighted by molar-refractivity contribution is 6.30. The van der Waals surface area contributed by atoms with Gasteiger partial charge in [0.2, 0.25) is 5.91 Å². The van der Waals surface area contributed by atoms with E-state index in [0.29, 0.717) is 18.2 Å². The van der Waals surface area contributed by atoms with Gasteiger partial charge in [0.25, 0.3) is 0 Å². The number of nitrogens with one attached hydrogen (secondary N) is 1. The SMILES string of the molecule is O=C(C1CCOc2ccccc21)N1CCNCC1c1cccc(Cl)c1. The number of hydrogen-bond acceptors (Lipinski definition) is 3. The maximum atomic E-state index is 13.4. The van der Waals surface area contributed by atoms with Crippen LogP contribution in [0.2, 0.25) is 5.02 Å². The molecule has 0 bridgehead atoms. The standard InChI is InChI=1S/C20H21ClN2O2/c21-15-5-3-4-14(12-15)18-13-22-9-10-23(18)20(24)17-8-11-25-19-7-2-1-6-16(17)19/h1-7,12,17-18,22H,8-11,13H2. The summed E-state index contributed by atoms with van der Waals surface area (Å²) in [6.07, 6.45) is 0.724. The van der Waals surface area contributed by atoms with Crippen LogP contribution in [0.15, 0.2) is 48.5 Å². The highest BCUT2D eigenvalue weighted by Crippen LogP contribution is 2.36. The molecule has 1 N–H and O–H groups in total. The summed E-state index contributed by atoms with van der Waals surface area (Å²) in [6, 6.07) is 15.7. The first kappa shape index (κ1) is 16.4. The van der Waals surface area contributed by atoms with Gasteiger partial charge in [0.05, 0.1) is 18.6 Å². The van der Waals surface area contributed by atoms with E-state index >= 15 is 0 Å². The second-order valence-corrected chi connectivity index (χ2v) is 6.97. The summed E-state index contributed by atoms with van der Waals surface area (Å²) in [4.78, 5) is 15.4. The van der Waals surface area contributed by atoms with Crippen molar-refractivity contribution in [1.29, 1.82) is 0 Å². The molecule has 0 spiro atoms. The fourth-order valence-corrected chi connectivity index (χ4v) is 3.98. The fourth-order valence-electron chi connectivity index (χ4n) is 3.78. The van der Waals surface area contributed by atoms with Crippen molar-refractivity contribution >= 4 is 17.5 Å². The lowest BCUT2D eigenvalue weighted by Crippen LogP contribution is -2.50. The molecule has 0 radical (unpaired) electrons. The first-order valence-electron chi connectivity index (χ1n) is 8.72. The van der Waals surface area contributed by atoms with E-state index in [9.17, 15) is 4.79 Å². The van der Waals surface area contributed by atoms with E-state index in [1.54, 1.807) is 0 Å². The minimum absolute atomic E-state index is 0.00922. The topological polar surface area (TPSA) is 41.6 Å². The van der Waals surface area contributed by atoms with Gasteiger partial charge in [-0.1, -0.05) is 41.9 Å². The van der Waals surface area contributed by atoms with Gasteiger partial charge in [-0.05, 0) is 30.2 Å². The summed E-state index contributed by atoms with van der Waals surface area (Å²) >= 11 is 6.17. The Bertz CT molecular complexity index is 780. The molecule has 2 aromatic rings. The van der Waals surface area contributed by atoms with Crippen LogP contribution in [-0.2, 0) is 4.79 Å². The number of carbonyl (C=O) groups is 1. The van der Waals surface area contributed by atoms with Crippen LogP contribution in [-0.4, -0.2) is 37.0 Å². The number of hydrogen-bond donors (Lipinski definition) is 1. The summed E-state index contributed by atoms with van der Waals surface area (Å²) in [5.74, 6) is 0.883. The summed E-state index contributed by atoms with van der Waals surface area (Å²) < 4.78 is 5.72. The van der Waals surface area contributed by atoms with Crippen molar-refractivity contribution in [3.05, 3.63) is 64.7 Å². The van der Waals surface area contributed by atoms with E-state index < -0.39 is 0 Å². The van der Waals surface area contributed by atoms with Crippen LogP contribution in [0.5, 0.6) is 5.75 Å². The van der Waals surface area contributed by atoms with Crippen molar-refractivity contribution in [2.45, 2.75) is 18.4 Å². The molecule has 2 aromatic carbocycles. The molecule has 0 aromatic heterocycles. The molecule has 2 unspecified atom stereocenters.